The Hall–Kier alpha value is -0.190. The molecule has 0 aromatic heterocycles. The molecule has 0 fully saturated rings. The van der Waals surface area contributed by atoms with Crippen molar-refractivity contribution in [2.24, 2.45) is 0 Å². The molecule has 0 saturated heterocycles. The summed E-state index contributed by atoms with van der Waals surface area (Å²) >= 11 is 0. The topological polar surface area (TPSA) is 76.0 Å². The molecule has 0 saturated carbocycles. The molecule has 0 aliphatic rings. The number of aliphatic hydroxyl groups is 2. The van der Waals surface area contributed by atoms with Gasteiger partial charge in [-0.15, -0.1) is 0 Å². The Bertz CT molecular complexity index is 265. The van der Waals surface area contributed by atoms with E-state index in [2.05, 4.69) is 0 Å². The van der Waals surface area contributed by atoms with Crippen LogP contribution in [0.2, 0.25) is 0 Å². The van der Waals surface area contributed by atoms with E-state index in [9.17, 15) is 4.57 Å². The number of rotatable bonds is 9. The smallest absolute Gasteiger partial charge is 0.330 e. The summed E-state index contributed by atoms with van der Waals surface area (Å²) in [6.07, 6.45) is 1.50. The summed E-state index contributed by atoms with van der Waals surface area (Å²) in [5.74, 6) is 0. The fourth-order valence-electron chi connectivity index (χ4n) is 1.46. The highest BCUT2D eigenvalue weighted by molar-refractivity contribution is 7.53. The summed E-state index contributed by atoms with van der Waals surface area (Å²) in [4.78, 5) is 0. The van der Waals surface area contributed by atoms with Crippen molar-refractivity contribution in [1.82, 2.24) is 0 Å². The van der Waals surface area contributed by atoms with Crippen LogP contribution in [0.4, 0.5) is 0 Å². The zero-order chi connectivity index (χ0) is 13.3. The van der Waals surface area contributed by atoms with Crippen LogP contribution in [0.1, 0.15) is 33.6 Å². The monoisotopic (exact) mass is 266 g/mol. The Morgan fingerprint density at radius 2 is 1.82 bits per heavy atom. The summed E-state index contributed by atoms with van der Waals surface area (Å²) in [7, 11) is -3.01. The van der Waals surface area contributed by atoms with E-state index in [4.69, 9.17) is 19.3 Å². The number of allylic oxidation sites excluding steroid dienone is 1. The normalized spacial score (nSPS) is 13.4. The highest BCUT2D eigenvalue weighted by Crippen LogP contribution is 2.48. The van der Waals surface area contributed by atoms with Gasteiger partial charge in [0.2, 0.25) is 0 Å². The second kappa shape index (κ2) is 8.84. The SMILES string of the molecule is CC=C(CCCP(=O)(OCC)OCC)C(O)O. The van der Waals surface area contributed by atoms with Crippen LogP contribution >= 0.6 is 7.60 Å². The van der Waals surface area contributed by atoms with Gasteiger partial charge in [-0.25, -0.2) is 0 Å². The van der Waals surface area contributed by atoms with Crippen molar-refractivity contribution in [2.45, 2.75) is 39.9 Å². The Labute approximate surface area is 103 Å². The maximum absolute atomic E-state index is 12.1. The van der Waals surface area contributed by atoms with Gasteiger partial charge in [0, 0.05) is 0 Å². The Balaban J connectivity index is 4.19. The molecule has 5 nitrogen and oxygen atoms in total. The maximum atomic E-state index is 12.1. The van der Waals surface area contributed by atoms with E-state index in [1.165, 1.54) is 0 Å². The zero-order valence-corrected chi connectivity index (χ0v) is 11.7. The van der Waals surface area contributed by atoms with Crippen LogP contribution in [-0.2, 0) is 13.6 Å². The molecule has 0 aromatic rings. The van der Waals surface area contributed by atoms with Crippen LogP contribution in [0.15, 0.2) is 11.6 Å². The summed E-state index contributed by atoms with van der Waals surface area (Å²) in [6.45, 7) is 5.95. The van der Waals surface area contributed by atoms with Gasteiger partial charge in [0.25, 0.3) is 0 Å². The molecule has 0 aliphatic carbocycles. The third-order valence-corrected chi connectivity index (χ3v) is 4.42. The molecule has 102 valence electrons. The second-order valence-corrected chi connectivity index (χ2v) is 5.70. The lowest BCUT2D eigenvalue weighted by Gasteiger charge is -2.17. The van der Waals surface area contributed by atoms with Crippen molar-refractivity contribution in [3.63, 3.8) is 0 Å². The molecule has 0 aliphatic heterocycles. The summed E-state index contributed by atoms with van der Waals surface area (Å²) in [5.41, 5.74) is 0.518. The van der Waals surface area contributed by atoms with Crippen LogP contribution in [0.25, 0.3) is 0 Å². The van der Waals surface area contributed by atoms with E-state index < -0.39 is 13.9 Å². The Morgan fingerprint density at radius 3 is 2.18 bits per heavy atom. The van der Waals surface area contributed by atoms with Gasteiger partial charge in [0.05, 0.1) is 19.4 Å². The molecule has 0 bridgehead atoms. The first-order valence-corrected chi connectivity index (χ1v) is 7.61. The number of hydrogen-bond donors (Lipinski definition) is 2. The van der Waals surface area contributed by atoms with Crippen molar-refractivity contribution in [3.05, 3.63) is 11.6 Å². The van der Waals surface area contributed by atoms with Crippen LogP contribution < -0.4 is 0 Å². The first-order valence-electron chi connectivity index (χ1n) is 5.88. The van der Waals surface area contributed by atoms with Crippen molar-refractivity contribution < 1.29 is 23.8 Å². The van der Waals surface area contributed by atoms with Gasteiger partial charge >= 0.3 is 7.60 Å². The quantitative estimate of drug-likeness (QED) is 0.380. The predicted molar refractivity (Wildman–Crippen MR) is 66.9 cm³/mol. The molecule has 0 rings (SSSR count). The average Bonchev–Trinajstić information content (AvgIpc) is 2.24. The van der Waals surface area contributed by atoms with Gasteiger partial charge in [0.15, 0.2) is 6.29 Å². The lowest BCUT2D eigenvalue weighted by molar-refractivity contribution is -0.0104. The van der Waals surface area contributed by atoms with Crippen LogP contribution in [-0.4, -0.2) is 35.9 Å². The molecular weight excluding hydrogens is 243 g/mol. The standard InChI is InChI=1S/C11H23O5P/c1-4-10(11(12)13)8-7-9-17(14,15-5-2)16-6-3/h4,11-13H,5-9H2,1-3H3. The van der Waals surface area contributed by atoms with Crippen molar-refractivity contribution in [1.29, 1.82) is 0 Å². The van der Waals surface area contributed by atoms with Gasteiger partial charge < -0.3 is 19.3 Å². The van der Waals surface area contributed by atoms with Crippen LogP contribution in [0.5, 0.6) is 0 Å². The molecular formula is C11H23O5P. The van der Waals surface area contributed by atoms with Crippen molar-refractivity contribution in [2.75, 3.05) is 19.4 Å². The molecule has 0 spiro atoms. The molecule has 0 heterocycles. The van der Waals surface area contributed by atoms with Crippen LogP contribution in [0, 0.1) is 0 Å². The minimum atomic E-state index is -3.01. The minimum Gasteiger partial charge on any atom is -0.365 e. The third-order valence-electron chi connectivity index (χ3n) is 2.25. The lowest BCUT2D eigenvalue weighted by Crippen LogP contribution is -2.09. The highest BCUT2D eigenvalue weighted by Gasteiger charge is 2.23. The first kappa shape index (κ1) is 16.8. The molecule has 0 amide bonds. The summed E-state index contributed by atoms with van der Waals surface area (Å²) in [5, 5.41) is 18.0. The second-order valence-electron chi connectivity index (χ2n) is 3.51. The van der Waals surface area contributed by atoms with E-state index in [1.54, 1.807) is 26.8 Å². The maximum Gasteiger partial charge on any atom is 0.330 e. The molecule has 6 heteroatoms. The Morgan fingerprint density at radius 1 is 1.29 bits per heavy atom. The lowest BCUT2D eigenvalue weighted by atomic mass is 10.1. The predicted octanol–water partition coefficient (Wildman–Crippen LogP) is 2.29. The van der Waals surface area contributed by atoms with Crippen molar-refractivity contribution >= 4 is 7.60 Å². The molecule has 0 unspecified atom stereocenters. The highest BCUT2D eigenvalue weighted by atomic mass is 31.2. The molecule has 2 N–H and O–H groups in total. The minimum absolute atomic E-state index is 0.290. The number of aliphatic hydroxyl groups excluding tert-OH is 1. The van der Waals surface area contributed by atoms with Gasteiger partial charge in [-0.2, -0.15) is 0 Å². The summed E-state index contributed by atoms with van der Waals surface area (Å²) in [6, 6.07) is 0. The van der Waals surface area contributed by atoms with Crippen LogP contribution in [0.3, 0.4) is 0 Å². The molecule has 0 atom stereocenters. The van der Waals surface area contributed by atoms with E-state index in [-0.39, 0.29) is 0 Å². The fraction of sp³-hybridized carbons (Fsp3) is 0.818. The van der Waals surface area contributed by atoms with E-state index >= 15 is 0 Å². The molecule has 0 radical (unpaired) electrons. The third kappa shape index (κ3) is 6.96. The zero-order valence-electron chi connectivity index (χ0n) is 10.8. The van der Waals surface area contributed by atoms with Gasteiger partial charge in [-0.1, -0.05) is 6.08 Å². The van der Waals surface area contributed by atoms with Gasteiger partial charge in [0.1, 0.15) is 0 Å². The molecule has 17 heavy (non-hydrogen) atoms. The molecule has 0 aromatic carbocycles. The van der Waals surface area contributed by atoms with E-state index in [1.807, 2.05) is 0 Å². The number of hydrogen-bond acceptors (Lipinski definition) is 5. The van der Waals surface area contributed by atoms with Gasteiger partial charge in [-0.05, 0) is 39.2 Å². The first-order chi connectivity index (χ1) is 7.99. The van der Waals surface area contributed by atoms with E-state index in [0.29, 0.717) is 37.8 Å². The van der Waals surface area contributed by atoms with Crippen molar-refractivity contribution in [3.8, 4) is 0 Å². The largest absolute Gasteiger partial charge is 0.365 e. The van der Waals surface area contributed by atoms with Gasteiger partial charge in [-0.3, -0.25) is 4.57 Å². The fourth-order valence-corrected chi connectivity index (χ4v) is 3.12. The van der Waals surface area contributed by atoms with E-state index in [0.717, 1.165) is 0 Å². The average molecular weight is 266 g/mol. The Kier molecular flexibility index (Phi) is 8.74. The summed E-state index contributed by atoms with van der Waals surface area (Å²) < 4.78 is 22.3.